The fourth-order valence-corrected chi connectivity index (χ4v) is 2.78. The van der Waals surface area contributed by atoms with Gasteiger partial charge in [0.15, 0.2) is 0 Å². The van der Waals surface area contributed by atoms with Gasteiger partial charge in [-0.05, 0) is 23.8 Å². The van der Waals surface area contributed by atoms with Gasteiger partial charge < -0.3 is 5.11 Å². The van der Waals surface area contributed by atoms with E-state index in [9.17, 15) is 13.2 Å². The molecule has 2 aromatic carbocycles. The first-order chi connectivity index (χ1) is 9.90. The molecule has 5 nitrogen and oxygen atoms in total. The maximum absolute atomic E-state index is 12.0. The zero-order valence-electron chi connectivity index (χ0n) is 10.6. The molecule has 0 heterocycles. The smallest absolute Gasteiger partial charge is 0.337 e. The molecule has 21 heavy (non-hydrogen) atoms. The Kier molecular flexibility index (Phi) is 4.40. The van der Waals surface area contributed by atoms with E-state index in [4.69, 9.17) is 16.7 Å². The fourth-order valence-electron chi connectivity index (χ4n) is 1.56. The quantitative estimate of drug-likeness (QED) is 0.877. The molecule has 0 bridgehead atoms. The normalized spacial score (nSPS) is 11.7. The number of carbonyl (C=O) groups is 1. The van der Waals surface area contributed by atoms with Crippen LogP contribution in [-0.2, 0) is 10.0 Å². The monoisotopic (exact) mass is 323 g/mol. The molecule has 0 atom stereocenters. The van der Waals surface area contributed by atoms with Crippen molar-refractivity contribution in [3.05, 3.63) is 64.7 Å². The van der Waals surface area contributed by atoms with Crippen molar-refractivity contribution in [3.8, 4) is 0 Å². The van der Waals surface area contributed by atoms with Crippen molar-refractivity contribution < 1.29 is 18.3 Å². The molecule has 0 saturated heterocycles. The SMILES string of the molecule is O=C(O)c1ccc(S(=O)(=O)N=Cc2ccccc2)cc1Cl. The topological polar surface area (TPSA) is 83.8 Å². The molecular weight excluding hydrogens is 314 g/mol. The van der Waals surface area contributed by atoms with Crippen LogP contribution in [0.2, 0.25) is 5.02 Å². The number of carboxylic acid groups (broad SMARTS) is 1. The van der Waals surface area contributed by atoms with Crippen LogP contribution in [0.15, 0.2) is 57.8 Å². The number of halogens is 1. The molecule has 0 saturated carbocycles. The number of benzene rings is 2. The summed E-state index contributed by atoms with van der Waals surface area (Å²) in [5.74, 6) is -1.23. The Morgan fingerprint density at radius 1 is 1.14 bits per heavy atom. The Morgan fingerprint density at radius 2 is 1.81 bits per heavy atom. The van der Waals surface area contributed by atoms with Gasteiger partial charge in [-0.25, -0.2) is 4.79 Å². The lowest BCUT2D eigenvalue weighted by atomic mass is 10.2. The summed E-state index contributed by atoms with van der Waals surface area (Å²) < 4.78 is 27.6. The molecule has 0 amide bonds. The van der Waals surface area contributed by atoms with Gasteiger partial charge in [0.25, 0.3) is 10.0 Å². The number of hydrogen-bond acceptors (Lipinski definition) is 3. The zero-order chi connectivity index (χ0) is 15.5. The molecule has 1 N–H and O–H groups in total. The number of aromatic carboxylic acids is 1. The van der Waals surface area contributed by atoms with Gasteiger partial charge in [-0.3, -0.25) is 0 Å². The van der Waals surface area contributed by atoms with Crippen LogP contribution in [0.4, 0.5) is 0 Å². The van der Waals surface area contributed by atoms with Crippen molar-refractivity contribution in [2.24, 2.45) is 4.40 Å². The summed E-state index contributed by atoms with van der Waals surface area (Å²) in [6.07, 6.45) is 1.22. The molecule has 7 heteroatoms. The first-order valence-corrected chi connectivity index (χ1v) is 7.60. The first kappa shape index (κ1) is 15.2. The Labute approximate surface area is 126 Å². The molecule has 0 radical (unpaired) electrons. The molecule has 0 spiro atoms. The number of rotatable bonds is 4. The van der Waals surface area contributed by atoms with Crippen LogP contribution in [0, 0.1) is 0 Å². The van der Waals surface area contributed by atoms with E-state index < -0.39 is 16.0 Å². The number of carboxylic acids is 1. The van der Waals surface area contributed by atoms with Crippen LogP contribution in [0.3, 0.4) is 0 Å². The minimum Gasteiger partial charge on any atom is -0.478 e. The van der Waals surface area contributed by atoms with E-state index in [1.807, 2.05) is 0 Å². The van der Waals surface area contributed by atoms with E-state index >= 15 is 0 Å². The number of nitrogens with zero attached hydrogens (tertiary/aromatic N) is 1. The predicted molar refractivity (Wildman–Crippen MR) is 79.6 cm³/mol. The van der Waals surface area contributed by atoms with Crippen molar-refractivity contribution in [2.75, 3.05) is 0 Å². The van der Waals surface area contributed by atoms with E-state index in [0.717, 1.165) is 18.2 Å². The van der Waals surface area contributed by atoms with Crippen molar-refractivity contribution in [2.45, 2.75) is 4.90 Å². The number of hydrogen-bond donors (Lipinski definition) is 1. The van der Waals surface area contributed by atoms with Gasteiger partial charge in [-0.2, -0.15) is 12.8 Å². The molecule has 0 aliphatic carbocycles. The second kappa shape index (κ2) is 6.07. The Balaban J connectivity index is 2.34. The second-order valence-electron chi connectivity index (χ2n) is 4.07. The van der Waals surface area contributed by atoms with Crippen molar-refractivity contribution in [1.29, 1.82) is 0 Å². The van der Waals surface area contributed by atoms with Gasteiger partial charge in [0.05, 0.1) is 15.5 Å². The van der Waals surface area contributed by atoms with E-state index in [-0.39, 0.29) is 15.5 Å². The van der Waals surface area contributed by atoms with Crippen LogP contribution in [0.5, 0.6) is 0 Å². The highest BCUT2D eigenvalue weighted by Crippen LogP contribution is 2.22. The van der Waals surface area contributed by atoms with Crippen molar-refractivity contribution in [3.63, 3.8) is 0 Å². The highest BCUT2D eigenvalue weighted by Gasteiger charge is 2.16. The van der Waals surface area contributed by atoms with Crippen LogP contribution in [-0.4, -0.2) is 25.7 Å². The van der Waals surface area contributed by atoms with E-state index in [1.54, 1.807) is 30.3 Å². The third kappa shape index (κ3) is 3.68. The summed E-state index contributed by atoms with van der Waals surface area (Å²) in [7, 11) is -3.93. The lowest BCUT2D eigenvalue weighted by Gasteiger charge is -2.02. The average Bonchev–Trinajstić information content (AvgIpc) is 2.46. The maximum Gasteiger partial charge on any atom is 0.337 e. The molecule has 0 fully saturated rings. The molecule has 0 aliphatic heterocycles. The molecule has 2 rings (SSSR count). The lowest BCUT2D eigenvalue weighted by Crippen LogP contribution is -2.02. The van der Waals surface area contributed by atoms with Crippen LogP contribution < -0.4 is 0 Å². The molecular formula is C14H10ClNO4S. The summed E-state index contributed by atoms with van der Waals surface area (Å²) >= 11 is 5.75. The Morgan fingerprint density at radius 3 is 2.38 bits per heavy atom. The summed E-state index contributed by atoms with van der Waals surface area (Å²) in [5.41, 5.74) is 0.469. The summed E-state index contributed by atoms with van der Waals surface area (Å²) in [4.78, 5) is 10.7. The van der Waals surface area contributed by atoms with Crippen LogP contribution in [0.1, 0.15) is 15.9 Å². The van der Waals surface area contributed by atoms with Gasteiger partial charge >= 0.3 is 5.97 Å². The van der Waals surface area contributed by atoms with Crippen molar-refractivity contribution in [1.82, 2.24) is 0 Å². The highest BCUT2D eigenvalue weighted by molar-refractivity contribution is 7.90. The van der Waals surface area contributed by atoms with Gasteiger partial charge in [0.1, 0.15) is 0 Å². The molecule has 2 aromatic rings. The summed E-state index contributed by atoms with van der Waals surface area (Å²) in [5, 5.41) is 8.69. The minimum atomic E-state index is -3.93. The van der Waals surface area contributed by atoms with Gasteiger partial charge in [0.2, 0.25) is 0 Å². The Hall–Kier alpha value is -2.18. The molecule has 0 unspecified atom stereocenters. The third-order valence-electron chi connectivity index (χ3n) is 2.61. The van der Waals surface area contributed by atoms with E-state index in [1.165, 1.54) is 6.21 Å². The molecule has 0 aromatic heterocycles. The predicted octanol–water partition coefficient (Wildman–Crippen LogP) is 2.85. The summed E-state index contributed by atoms with van der Waals surface area (Å²) in [6, 6.07) is 12.1. The summed E-state index contributed by atoms with van der Waals surface area (Å²) in [6.45, 7) is 0. The van der Waals surface area contributed by atoms with Gasteiger partial charge in [0, 0.05) is 6.21 Å². The number of sulfonamides is 1. The minimum absolute atomic E-state index is 0.154. The standard InChI is InChI=1S/C14H10ClNO4S/c15-13-8-11(6-7-12(13)14(17)18)21(19,20)16-9-10-4-2-1-3-5-10/h1-9H,(H,17,18). The zero-order valence-corrected chi connectivity index (χ0v) is 12.2. The van der Waals surface area contributed by atoms with E-state index in [2.05, 4.69) is 4.40 Å². The largest absolute Gasteiger partial charge is 0.478 e. The average molecular weight is 324 g/mol. The fraction of sp³-hybridized carbons (Fsp3) is 0. The van der Waals surface area contributed by atoms with Crippen molar-refractivity contribution >= 4 is 33.8 Å². The van der Waals surface area contributed by atoms with Gasteiger partial charge in [-0.1, -0.05) is 41.9 Å². The van der Waals surface area contributed by atoms with Crippen LogP contribution >= 0.6 is 11.6 Å². The Bertz CT molecular complexity index is 801. The second-order valence-corrected chi connectivity index (χ2v) is 6.11. The molecule has 0 aliphatic rings. The van der Waals surface area contributed by atoms with Crippen LogP contribution in [0.25, 0.3) is 0 Å². The molecule has 108 valence electrons. The lowest BCUT2D eigenvalue weighted by molar-refractivity contribution is 0.0697. The van der Waals surface area contributed by atoms with Gasteiger partial charge in [-0.15, -0.1) is 0 Å². The van der Waals surface area contributed by atoms with E-state index in [0.29, 0.717) is 5.56 Å². The first-order valence-electron chi connectivity index (χ1n) is 5.78. The third-order valence-corrected chi connectivity index (χ3v) is 4.15. The maximum atomic E-state index is 12.0. The highest BCUT2D eigenvalue weighted by atomic mass is 35.5.